The predicted octanol–water partition coefficient (Wildman–Crippen LogP) is 5.56. The minimum absolute atomic E-state index is 0. The van der Waals surface area contributed by atoms with Gasteiger partial charge >= 0.3 is 43.4 Å². The Hall–Kier alpha value is -0.0314. The molecular formula is C22H20S4Ti2. The van der Waals surface area contributed by atoms with Crippen molar-refractivity contribution in [3.8, 4) is 0 Å². The fourth-order valence-electron chi connectivity index (χ4n) is 1.28. The summed E-state index contributed by atoms with van der Waals surface area (Å²) in [7, 11) is 0. The average molecular weight is 508 g/mol. The molecule has 0 saturated carbocycles. The van der Waals surface area contributed by atoms with Gasteiger partial charge in [0.05, 0.1) is 0 Å². The monoisotopic (exact) mass is 508 g/mol. The van der Waals surface area contributed by atoms with E-state index in [1.54, 1.807) is 0 Å². The molecule has 0 atom stereocenters. The summed E-state index contributed by atoms with van der Waals surface area (Å²) in [5.41, 5.74) is 0. The third-order valence-corrected chi connectivity index (χ3v) is 3.72. The van der Waals surface area contributed by atoms with Gasteiger partial charge < -0.3 is 59.0 Å². The molecule has 28 heavy (non-hydrogen) atoms. The maximum Gasteiger partial charge on any atom is 2.00 e. The van der Waals surface area contributed by atoms with E-state index in [-0.39, 0.29) is 51.9 Å². The van der Waals surface area contributed by atoms with Crippen LogP contribution >= 0.6 is 0 Å². The minimum Gasteiger partial charge on any atom is -0.810 e. The van der Waals surface area contributed by atoms with E-state index in [1.165, 1.54) is 0 Å². The molecule has 0 unspecified atom stereocenters. The molecule has 0 aromatic rings. The molecular weight excluding hydrogens is 488 g/mol. The van der Waals surface area contributed by atoms with E-state index in [2.05, 4.69) is 50.5 Å². The van der Waals surface area contributed by atoms with Crippen LogP contribution in [0.4, 0.5) is 0 Å². The largest absolute Gasteiger partial charge is 2.00 e. The van der Waals surface area contributed by atoms with E-state index in [0.29, 0.717) is 0 Å². The normalized spacial score (nSPS) is 14.1. The van der Waals surface area contributed by atoms with Crippen LogP contribution in [0.5, 0.6) is 0 Å². The van der Waals surface area contributed by atoms with Crippen molar-refractivity contribution in [1.82, 2.24) is 0 Å². The minimum atomic E-state index is 0. The molecule has 4 rings (SSSR count). The molecule has 6 heteroatoms. The molecule has 140 valence electrons. The van der Waals surface area contributed by atoms with E-state index in [1.807, 2.05) is 123 Å². The molecule has 0 aliphatic heterocycles. The Morgan fingerprint density at radius 1 is 0.286 bits per heavy atom. The van der Waals surface area contributed by atoms with Gasteiger partial charge in [0.2, 0.25) is 0 Å². The fourth-order valence-corrected chi connectivity index (χ4v) is 1.28. The molecule has 0 N–H and O–H groups in total. The van der Waals surface area contributed by atoms with Crippen LogP contribution in [0.2, 0.25) is 0 Å². The Bertz CT molecular complexity index is 476. The van der Waals surface area contributed by atoms with Gasteiger partial charge in [-0.25, -0.2) is 0 Å². The Kier molecular flexibility index (Phi) is 31.4. The fraction of sp³-hybridized carbons (Fsp3) is 0. The molecule has 0 bridgehead atoms. The van der Waals surface area contributed by atoms with Gasteiger partial charge in [0.15, 0.2) is 0 Å². The Morgan fingerprint density at radius 3 is 0.464 bits per heavy atom. The summed E-state index contributed by atoms with van der Waals surface area (Å²) in [4.78, 5) is 0. The molecule has 0 fully saturated rings. The zero-order chi connectivity index (χ0) is 19.3. The number of rotatable bonds is 0. The van der Waals surface area contributed by atoms with Gasteiger partial charge in [0, 0.05) is 25.7 Å². The van der Waals surface area contributed by atoms with Crippen molar-refractivity contribution in [2.45, 2.75) is 0 Å². The molecule has 0 saturated heterocycles. The third kappa shape index (κ3) is 28.2. The summed E-state index contributed by atoms with van der Waals surface area (Å²) < 4.78 is 0.444. The summed E-state index contributed by atoms with van der Waals surface area (Å²) in [5.74, 6) is 0. The van der Waals surface area contributed by atoms with Gasteiger partial charge in [-0.2, -0.15) is 0 Å². The molecule has 0 spiro atoms. The molecule has 0 aromatic carbocycles. The van der Waals surface area contributed by atoms with Gasteiger partial charge in [0.1, 0.15) is 0 Å². The van der Waals surface area contributed by atoms with Crippen LogP contribution in [0.15, 0.2) is 106 Å². The van der Waals surface area contributed by atoms with Gasteiger partial charge in [-0.1, -0.05) is 97.2 Å². The Labute approximate surface area is 223 Å². The van der Waals surface area contributed by atoms with Crippen LogP contribution in [0.25, 0.3) is 0 Å². The molecule has 4 radical (unpaired) electrons. The van der Waals surface area contributed by atoms with Crippen molar-refractivity contribution >= 4 is 50.5 Å². The first-order valence-corrected chi connectivity index (χ1v) is 9.37. The SMILES string of the molecule is [CH]1C=CC=C1.[CH]1C=CC=C1.[CH]1C=CC=C1.[CH]1C=CC=C1.[S-]C([S-])=C([S-])[S-].[Ti+2].[Ti+2]. The molecule has 0 nitrogen and oxygen atoms in total. The van der Waals surface area contributed by atoms with Gasteiger partial charge in [-0.15, -0.1) is 0 Å². The van der Waals surface area contributed by atoms with Crippen molar-refractivity contribution in [2.75, 3.05) is 0 Å². The van der Waals surface area contributed by atoms with Crippen LogP contribution in [0.1, 0.15) is 0 Å². The first-order valence-electron chi connectivity index (χ1n) is 7.73. The van der Waals surface area contributed by atoms with Crippen molar-refractivity contribution in [2.24, 2.45) is 0 Å². The summed E-state index contributed by atoms with van der Waals surface area (Å²) >= 11 is 17.6. The number of hydrogen-bond donors (Lipinski definition) is 0. The second-order valence-corrected chi connectivity index (χ2v) is 6.57. The van der Waals surface area contributed by atoms with Gasteiger partial charge in [-0.05, 0) is 0 Å². The summed E-state index contributed by atoms with van der Waals surface area (Å²) in [6.45, 7) is 0. The first kappa shape index (κ1) is 32.6. The molecule has 0 aromatic heterocycles. The van der Waals surface area contributed by atoms with Crippen LogP contribution in [0, 0.1) is 25.7 Å². The average Bonchev–Trinajstić information content (AvgIpc) is 3.50. The number of allylic oxidation sites excluding steroid dienone is 16. The number of hydrogen-bond acceptors (Lipinski definition) is 4. The first-order chi connectivity index (χ1) is 12.6. The quantitative estimate of drug-likeness (QED) is 0.310. The predicted molar refractivity (Wildman–Crippen MR) is 127 cm³/mol. The van der Waals surface area contributed by atoms with Crippen molar-refractivity contribution in [1.29, 1.82) is 0 Å². The smallest absolute Gasteiger partial charge is 0.810 e. The molecule has 0 amide bonds. The van der Waals surface area contributed by atoms with Crippen LogP contribution in [-0.2, 0) is 94.0 Å². The zero-order valence-corrected chi connectivity index (χ0v) is 21.6. The van der Waals surface area contributed by atoms with E-state index >= 15 is 0 Å². The summed E-state index contributed by atoms with van der Waals surface area (Å²) in [5, 5.41) is 0. The summed E-state index contributed by atoms with van der Waals surface area (Å²) in [6.07, 6.45) is 40.0. The second-order valence-electron chi connectivity index (χ2n) is 4.42. The van der Waals surface area contributed by atoms with E-state index < -0.39 is 0 Å². The standard InChI is InChI=1S/4C5H5.C2H4S4.2Ti/c4*1-2-4-5-3-1;3-1(4)2(5)6;;/h4*1-5H;3-6H;;/q;;;;;2*+2/p-4. The van der Waals surface area contributed by atoms with Crippen molar-refractivity contribution in [3.05, 3.63) is 131 Å². The summed E-state index contributed by atoms with van der Waals surface area (Å²) in [6, 6.07) is 0. The maximum atomic E-state index is 4.39. The second kappa shape index (κ2) is 27.0. The topological polar surface area (TPSA) is 0 Å². The van der Waals surface area contributed by atoms with E-state index in [9.17, 15) is 0 Å². The molecule has 4 aliphatic carbocycles. The van der Waals surface area contributed by atoms with Gasteiger partial charge in [-0.3, -0.25) is 0 Å². The van der Waals surface area contributed by atoms with Crippen LogP contribution < -0.4 is 0 Å². The molecule has 0 heterocycles. The van der Waals surface area contributed by atoms with E-state index in [0.717, 1.165) is 0 Å². The van der Waals surface area contributed by atoms with Crippen LogP contribution in [0.3, 0.4) is 0 Å². The molecule has 4 aliphatic rings. The maximum absolute atomic E-state index is 4.39. The Balaban J connectivity index is -0.000000274. The van der Waals surface area contributed by atoms with Crippen molar-refractivity contribution < 1.29 is 43.4 Å². The third-order valence-electron chi connectivity index (χ3n) is 2.39. The Morgan fingerprint density at radius 2 is 0.429 bits per heavy atom. The van der Waals surface area contributed by atoms with Crippen molar-refractivity contribution in [3.63, 3.8) is 0 Å². The zero-order valence-electron chi connectivity index (χ0n) is 15.2. The van der Waals surface area contributed by atoms with Crippen LogP contribution in [-0.4, -0.2) is 0 Å². The van der Waals surface area contributed by atoms with Gasteiger partial charge in [0.25, 0.3) is 0 Å². The van der Waals surface area contributed by atoms with E-state index in [4.69, 9.17) is 0 Å².